The van der Waals surface area contributed by atoms with E-state index in [1.807, 2.05) is 62.6 Å². The van der Waals surface area contributed by atoms with Crippen LogP contribution < -0.4 is 5.32 Å². The summed E-state index contributed by atoms with van der Waals surface area (Å²) in [6.07, 6.45) is 0. The van der Waals surface area contributed by atoms with E-state index in [2.05, 4.69) is 37.5 Å². The third kappa shape index (κ3) is 5.42. The van der Waals surface area contributed by atoms with Gasteiger partial charge in [-0.25, -0.2) is 4.98 Å². The monoisotopic (exact) mass is 381 g/mol. The maximum absolute atomic E-state index is 12.2. The van der Waals surface area contributed by atoms with Crippen LogP contribution in [0.5, 0.6) is 0 Å². The number of amides is 1. The quantitative estimate of drug-likeness (QED) is 0.587. The van der Waals surface area contributed by atoms with E-state index >= 15 is 0 Å². The number of aromatic nitrogens is 3. The fourth-order valence-corrected chi connectivity index (χ4v) is 3.33. The molecule has 0 fully saturated rings. The normalized spacial score (nSPS) is 12.1. The van der Waals surface area contributed by atoms with Crippen LogP contribution in [-0.2, 0) is 4.79 Å². The fraction of sp³-hybridized carbons (Fsp3) is 0.250. The van der Waals surface area contributed by atoms with Crippen molar-refractivity contribution < 1.29 is 4.79 Å². The zero-order valence-corrected chi connectivity index (χ0v) is 16.2. The van der Waals surface area contributed by atoms with Gasteiger partial charge in [0.2, 0.25) is 11.1 Å². The number of benzene rings is 2. The van der Waals surface area contributed by atoms with Gasteiger partial charge in [0.25, 0.3) is 0 Å². The van der Waals surface area contributed by atoms with Gasteiger partial charge in [-0.1, -0.05) is 72.4 Å². The van der Waals surface area contributed by atoms with Crippen molar-refractivity contribution in [3.8, 4) is 11.4 Å². The number of H-pyrrole nitrogens is 1. The van der Waals surface area contributed by atoms with Gasteiger partial charge in [0.15, 0.2) is 5.82 Å². The minimum absolute atomic E-state index is 0.0335. The maximum atomic E-state index is 12.2. The number of carbonyl (C=O) groups excluding carboxylic acids is 1. The number of carbonyl (C=O) groups is 1. The summed E-state index contributed by atoms with van der Waals surface area (Å²) >= 11 is 1.32. The minimum Gasteiger partial charge on any atom is -0.353 e. The van der Waals surface area contributed by atoms with Crippen LogP contribution in [0, 0.1) is 0 Å². The average molecular weight is 382 g/mol. The second-order valence-corrected chi connectivity index (χ2v) is 7.26. The molecule has 0 spiro atoms. The molecule has 140 valence electrons. The fourth-order valence-electron chi connectivity index (χ4n) is 2.70. The van der Waals surface area contributed by atoms with Crippen molar-refractivity contribution in [1.29, 1.82) is 0 Å². The third-order valence-electron chi connectivity index (χ3n) is 4.14. The summed E-state index contributed by atoms with van der Waals surface area (Å²) in [5, 5.41) is 10.7. The lowest BCUT2D eigenvalue weighted by molar-refractivity contribution is -0.118. The Hall–Kier alpha value is -2.64. The van der Waals surface area contributed by atoms with Crippen LogP contribution in [0.4, 0.5) is 0 Å². The topological polar surface area (TPSA) is 73.9 Å². The molecule has 2 aromatic carbocycles. The van der Waals surface area contributed by atoms with Gasteiger partial charge < -0.3 is 10.2 Å². The van der Waals surface area contributed by atoms with Crippen molar-refractivity contribution in [1.82, 2.24) is 25.4 Å². The van der Waals surface area contributed by atoms with Crippen LogP contribution in [-0.4, -0.2) is 52.4 Å². The summed E-state index contributed by atoms with van der Waals surface area (Å²) in [5.74, 6) is 0.949. The zero-order valence-electron chi connectivity index (χ0n) is 15.4. The van der Waals surface area contributed by atoms with E-state index in [0.717, 1.165) is 5.56 Å². The van der Waals surface area contributed by atoms with E-state index in [4.69, 9.17) is 0 Å². The third-order valence-corrected chi connectivity index (χ3v) is 4.99. The molecule has 7 heteroatoms. The standard InChI is InChI=1S/C20H23N5OS/c1-25(2)17(15-9-5-3-6-10-15)13-21-18(26)14-27-20-22-19(23-24-20)16-11-7-4-8-12-16/h3-12,17H,13-14H2,1-2H3,(H,21,26)(H,22,23,24)/t17-/m1/s1. The molecule has 0 radical (unpaired) electrons. The number of nitrogens with zero attached hydrogens (tertiary/aromatic N) is 3. The summed E-state index contributed by atoms with van der Waals surface area (Å²) < 4.78 is 0. The van der Waals surface area contributed by atoms with Crippen LogP contribution in [0.15, 0.2) is 65.8 Å². The first-order valence-corrected chi connectivity index (χ1v) is 9.70. The van der Waals surface area contributed by atoms with E-state index in [1.54, 1.807) is 0 Å². The molecule has 0 aliphatic heterocycles. The van der Waals surface area contributed by atoms with Gasteiger partial charge in [0.1, 0.15) is 0 Å². The van der Waals surface area contributed by atoms with Crippen molar-refractivity contribution in [2.75, 3.05) is 26.4 Å². The van der Waals surface area contributed by atoms with Crippen LogP contribution in [0.25, 0.3) is 11.4 Å². The number of hydrogen-bond acceptors (Lipinski definition) is 5. The van der Waals surface area contributed by atoms with Crippen LogP contribution in [0.1, 0.15) is 11.6 Å². The second-order valence-electron chi connectivity index (χ2n) is 6.32. The first-order valence-electron chi connectivity index (χ1n) is 8.72. The molecule has 3 rings (SSSR count). The van der Waals surface area contributed by atoms with Gasteiger partial charge in [0, 0.05) is 12.1 Å². The molecule has 0 saturated carbocycles. The zero-order chi connectivity index (χ0) is 19.1. The Labute approximate surface area is 163 Å². The first kappa shape index (κ1) is 19.1. The number of aromatic amines is 1. The van der Waals surface area contributed by atoms with Gasteiger partial charge in [-0.3, -0.25) is 9.89 Å². The Morgan fingerprint density at radius 1 is 1.11 bits per heavy atom. The lowest BCUT2D eigenvalue weighted by Gasteiger charge is -2.25. The Morgan fingerprint density at radius 3 is 2.44 bits per heavy atom. The van der Waals surface area contributed by atoms with Crippen molar-refractivity contribution in [3.63, 3.8) is 0 Å². The lowest BCUT2D eigenvalue weighted by atomic mass is 10.1. The molecular weight excluding hydrogens is 358 g/mol. The van der Waals surface area contributed by atoms with E-state index in [9.17, 15) is 4.79 Å². The number of nitrogens with one attached hydrogen (secondary N) is 2. The van der Waals surface area contributed by atoms with E-state index in [0.29, 0.717) is 17.5 Å². The molecular formula is C20H23N5OS. The van der Waals surface area contributed by atoms with Crippen molar-refractivity contribution in [2.24, 2.45) is 0 Å². The second kappa shape index (κ2) is 9.34. The SMILES string of the molecule is CN(C)[C@H](CNC(=O)CSc1n[nH]c(-c2ccccc2)n1)c1ccccc1. The Balaban J connectivity index is 1.50. The molecule has 1 heterocycles. The summed E-state index contributed by atoms with van der Waals surface area (Å²) in [7, 11) is 4.02. The molecule has 3 aromatic rings. The summed E-state index contributed by atoms with van der Waals surface area (Å²) in [6.45, 7) is 0.555. The van der Waals surface area contributed by atoms with Gasteiger partial charge in [-0.05, 0) is 19.7 Å². The number of rotatable bonds is 8. The highest BCUT2D eigenvalue weighted by molar-refractivity contribution is 7.99. The minimum atomic E-state index is -0.0335. The van der Waals surface area contributed by atoms with Crippen LogP contribution >= 0.6 is 11.8 Å². The predicted molar refractivity (Wildman–Crippen MR) is 108 cm³/mol. The van der Waals surface area contributed by atoms with Gasteiger partial charge >= 0.3 is 0 Å². The Morgan fingerprint density at radius 2 is 1.78 bits per heavy atom. The highest BCUT2D eigenvalue weighted by Crippen LogP contribution is 2.19. The molecule has 0 aliphatic carbocycles. The Bertz CT molecular complexity index is 851. The van der Waals surface area contributed by atoms with Crippen LogP contribution in [0.2, 0.25) is 0 Å². The molecule has 2 N–H and O–H groups in total. The molecule has 0 saturated heterocycles. The average Bonchev–Trinajstić information content (AvgIpc) is 3.17. The lowest BCUT2D eigenvalue weighted by Crippen LogP contribution is -2.35. The van der Waals surface area contributed by atoms with E-state index in [-0.39, 0.29) is 17.7 Å². The number of thioether (sulfide) groups is 1. The van der Waals surface area contributed by atoms with Gasteiger partial charge in [-0.15, -0.1) is 5.10 Å². The van der Waals surface area contributed by atoms with Crippen molar-refractivity contribution >= 4 is 17.7 Å². The smallest absolute Gasteiger partial charge is 0.230 e. The van der Waals surface area contributed by atoms with E-state index < -0.39 is 0 Å². The molecule has 0 aliphatic rings. The van der Waals surface area contributed by atoms with Crippen molar-refractivity contribution in [2.45, 2.75) is 11.2 Å². The van der Waals surface area contributed by atoms with Gasteiger partial charge in [0.05, 0.1) is 11.8 Å². The molecule has 0 bridgehead atoms. The summed E-state index contributed by atoms with van der Waals surface area (Å²) in [6, 6.07) is 20.1. The largest absolute Gasteiger partial charge is 0.353 e. The Kier molecular flexibility index (Phi) is 6.62. The molecule has 1 atom stereocenters. The molecule has 27 heavy (non-hydrogen) atoms. The molecule has 1 aromatic heterocycles. The molecule has 0 unspecified atom stereocenters. The highest BCUT2D eigenvalue weighted by atomic mass is 32.2. The van der Waals surface area contributed by atoms with Crippen LogP contribution in [0.3, 0.4) is 0 Å². The molecule has 6 nitrogen and oxygen atoms in total. The number of hydrogen-bond donors (Lipinski definition) is 2. The predicted octanol–water partition coefficient (Wildman–Crippen LogP) is 2.98. The van der Waals surface area contributed by atoms with Crippen molar-refractivity contribution in [3.05, 3.63) is 66.2 Å². The number of likely N-dealkylation sites (N-methyl/N-ethyl adjacent to an activating group) is 1. The highest BCUT2D eigenvalue weighted by Gasteiger charge is 2.15. The van der Waals surface area contributed by atoms with Gasteiger partial charge in [-0.2, -0.15) is 0 Å². The summed E-state index contributed by atoms with van der Waals surface area (Å²) in [5.41, 5.74) is 2.15. The first-order chi connectivity index (χ1) is 13.1. The van der Waals surface area contributed by atoms with E-state index in [1.165, 1.54) is 17.3 Å². The summed E-state index contributed by atoms with van der Waals surface area (Å²) in [4.78, 5) is 18.8. The maximum Gasteiger partial charge on any atom is 0.230 e. The molecule has 1 amide bonds.